The molecule has 0 saturated heterocycles. The van der Waals surface area contributed by atoms with E-state index in [2.05, 4.69) is 15.6 Å². The summed E-state index contributed by atoms with van der Waals surface area (Å²) in [5, 5.41) is 15.9. The van der Waals surface area contributed by atoms with Gasteiger partial charge in [0.05, 0.1) is 32.9 Å². The predicted octanol–water partition coefficient (Wildman–Crippen LogP) is 3.40. The third-order valence-corrected chi connectivity index (χ3v) is 5.48. The summed E-state index contributed by atoms with van der Waals surface area (Å²) in [5.74, 6) is 0.609. The van der Waals surface area contributed by atoms with Crippen LogP contribution < -0.4 is 20.1 Å². The van der Waals surface area contributed by atoms with Gasteiger partial charge in [-0.2, -0.15) is 0 Å². The fourth-order valence-corrected chi connectivity index (χ4v) is 3.73. The standard InChI is InChI=1S/C26H26N4O5/c1-34-21-7-4-17(5-8-21)24(32)16-30-22-14-19(29-20-9-10-27-25(15-20)35-2)6-3-18(22)13-23(30)26(33)28-11-12-31/h3-10,13-15,31H,11-12,16H2,1-2H3,(H,27,29)(H,28,33). The summed E-state index contributed by atoms with van der Waals surface area (Å²) >= 11 is 0. The number of ketones is 1. The number of methoxy groups -OCH3 is 2. The van der Waals surface area contributed by atoms with Crippen LogP contribution in [0.1, 0.15) is 20.8 Å². The lowest BCUT2D eigenvalue weighted by atomic mass is 10.1. The van der Waals surface area contributed by atoms with Crippen molar-refractivity contribution < 1.29 is 24.2 Å². The molecule has 2 aromatic heterocycles. The van der Waals surface area contributed by atoms with Crippen LogP contribution in [0.25, 0.3) is 10.9 Å². The maximum atomic E-state index is 13.1. The van der Waals surface area contributed by atoms with E-state index in [1.807, 2.05) is 24.3 Å². The number of ether oxygens (including phenoxy) is 2. The second-order valence-corrected chi connectivity index (χ2v) is 7.73. The maximum absolute atomic E-state index is 13.1. The molecule has 0 saturated carbocycles. The SMILES string of the molecule is COc1ccc(C(=O)Cn2c(C(=O)NCCO)cc3ccc(Nc4ccnc(OC)c4)cc32)cc1. The molecule has 9 heteroatoms. The quantitative estimate of drug-likeness (QED) is 0.302. The Morgan fingerprint density at radius 2 is 1.74 bits per heavy atom. The number of carbonyl (C=O) groups excluding carboxylic acids is 2. The first-order chi connectivity index (χ1) is 17.0. The summed E-state index contributed by atoms with van der Waals surface area (Å²) < 4.78 is 12.0. The highest BCUT2D eigenvalue weighted by molar-refractivity contribution is 6.02. The molecule has 0 atom stereocenters. The second-order valence-electron chi connectivity index (χ2n) is 7.73. The van der Waals surface area contributed by atoms with Crippen molar-refractivity contribution in [2.24, 2.45) is 0 Å². The van der Waals surface area contributed by atoms with Gasteiger partial charge in [-0.1, -0.05) is 6.07 Å². The van der Waals surface area contributed by atoms with Crippen LogP contribution in [0.15, 0.2) is 66.9 Å². The summed E-state index contributed by atoms with van der Waals surface area (Å²) in [5.41, 5.74) is 3.10. The number of aromatic nitrogens is 2. The minimum Gasteiger partial charge on any atom is -0.497 e. The number of nitrogens with zero attached hydrogens (tertiary/aromatic N) is 2. The molecule has 4 rings (SSSR count). The van der Waals surface area contributed by atoms with E-state index in [0.29, 0.717) is 28.4 Å². The van der Waals surface area contributed by atoms with Crippen LogP contribution in [0, 0.1) is 0 Å². The van der Waals surface area contributed by atoms with Crippen LogP contribution in [0.5, 0.6) is 11.6 Å². The van der Waals surface area contributed by atoms with Crippen molar-refractivity contribution in [3.05, 3.63) is 78.1 Å². The molecule has 2 aromatic carbocycles. The number of nitrogens with one attached hydrogen (secondary N) is 2. The highest BCUT2D eigenvalue weighted by Gasteiger charge is 2.19. The first kappa shape index (κ1) is 23.8. The lowest BCUT2D eigenvalue weighted by Gasteiger charge is -2.12. The molecule has 4 aromatic rings. The second kappa shape index (κ2) is 10.7. The van der Waals surface area contributed by atoms with Crippen molar-refractivity contribution in [3.8, 4) is 11.6 Å². The molecule has 3 N–H and O–H groups in total. The van der Waals surface area contributed by atoms with Crippen LogP contribution in [0.2, 0.25) is 0 Å². The Hall–Kier alpha value is -4.37. The largest absolute Gasteiger partial charge is 0.497 e. The smallest absolute Gasteiger partial charge is 0.268 e. The van der Waals surface area contributed by atoms with Gasteiger partial charge in [0.25, 0.3) is 5.91 Å². The van der Waals surface area contributed by atoms with Crippen molar-refractivity contribution in [1.82, 2.24) is 14.9 Å². The number of amides is 1. The van der Waals surface area contributed by atoms with E-state index in [1.165, 1.54) is 0 Å². The number of rotatable bonds is 10. The first-order valence-corrected chi connectivity index (χ1v) is 11.0. The highest BCUT2D eigenvalue weighted by Crippen LogP contribution is 2.27. The predicted molar refractivity (Wildman–Crippen MR) is 133 cm³/mol. The molecule has 1 amide bonds. The van der Waals surface area contributed by atoms with Crippen LogP contribution in [-0.2, 0) is 6.54 Å². The molecule has 9 nitrogen and oxygen atoms in total. The van der Waals surface area contributed by atoms with Crippen LogP contribution in [0.3, 0.4) is 0 Å². The lowest BCUT2D eigenvalue weighted by Crippen LogP contribution is -2.29. The number of hydrogen-bond donors (Lipinski definition) is 3. The van der Waals surface area contributed by atoms with Crippen molar-refractivity contribution in [2.75, 3.05) is 32.7 Å². The van der Waals surface area contributed by atoms with Gasteiger partial charge in [-0.05, 0) is 48.5 Å². The minimum absolute atomic E-state index is 0.0375. The van der Waals surface area contributed by atoms with E-state index in [9.17, 15) is 9.59 Å². The molecule has 0 bridgehead atoms. The number of pyridine rings is 1. The van der Waals surface area contributed by atoms with Crippen LogP contribution in [-0.4, -0.2) is 53.7 Å². The van der Waals surface area contributed by atoms with Crippen LogP contribution >= 0.6 is 0 Å². The number of anilines is 2. The number of benzene rings is 2. The van der Waals surface area contributed by atoms with E-state index in [0.717, 1.165) is 16.8 Å². The molecule has 0 aliphatic rings. The third-order valence-electron chi connectivity index (χ3n) is 5.48. The van der Waals surface area contributed by atoms with Crippen LogP contribution in [0.4, 0.5) is 11.4 Å². The Bertz CT molecular complexity index is 1350. The van der Waals surface area contributed by atoms with Gasteiger partial charge in [0.2, 0.25) is 5.88 Å². The Morgan fingerprint density at radius 1 is 0.971 bits per heavy atom. The molecule has 0 aliphatic heterocycles. The molecule has 0 radical (unpaired) electrons. The van der Waals surface area contributed by atoms with E-state index in [1.54, 1.807) is 61.4 Å². The van der Waals surface area contributed by atoms with E-state index in [-0.39, 0.29) is 31.4 Å². The van der Waals surface area contributed by atoms with Gasteiger partial charge in [0.1, 0.15) is 11.4 Å². The van der Waals surface area contributed by atoms with Crippen molar-refractivity contribution in [3.63, 3.8) is 0 Å². The summed E-state index contributed by atoms with van der Waals surface area (Å²) in [7, 11) is 3.11. The number of aliphatic hydroxyl groups is 1. The molecule has 180 valence electrons. The summed E-state index contributed by atoms with van der Waals surface area (Å²) in [6, 6.07) is 17.8. The average Bonchev–Trinajstić information content (AvgIpc) is 3.25. The lowest BCUT2D eigenvalue weighted by molar-refractivity contribution is 0.0930. The normalized spacial score (nSPS) is 10.7. The average molecular weight is 475 g/mol. The Balaban J connectivity index is 1.70. The van der Waals surface area contributed by atoms with E-state index in [4.69, 9.17) is 14.6 Å². The number of Topliss-reactive ketones (excluding diaryl/α,β-unsaturated/α-hetero) is 1. The van der Waals surface area contributed by atoms with Crippen molar-refractivity contribution >= 4 is 34.0 Å². The number of carbonyl (C=O) groups is 2. The monoisotopic (exact) mass is 474 g/mol. The number of fused-ring (bicyclic) bond motifs is 1. The van der Waals surface area contributed by atoms with Gasteiger partial charge >= 0.3 is 0 Å². The third kappa shape index (κ3) is 5.42. The molecular formula is C26H26N4O5. The topological polar surface area (TPSA) is 115 Å². The first-order valence-electron chi connectivity index (χ1n) is 11.0. The zero-order valence-corrected chi connectivity index (χ0v) is 19.4. The Kier molecular flexibility index (Phi) is 7.27. The fraction of sp³-hybridized carbons (Fsp3) is 0.192. The van der Waals surface area contributed by atoms with Gasteiger partial charge < -0.3 is 29.8 Å². The summed E-state index contributed by atoms with van der Waals surface area (Å²) in [4.78, 5) is 30.1. The molecular weight excluding hydrogens is 448 g/mol. The molecule has 2 heterocycles. The molecule has 0 spiro atoms. The van der Waals surface area contributed by atoms with E-state index >= 15 is 0 Å². The Morgan fingerprint density at radius 3 is 2.46 bits per heavy atom. The summed E-state index contributed by atoms with van der Waals surface area (Å²) in [6.45, 7) is -0.103. The van der Waals surface area contributed by atoms with Gasteiger partial charge in [-0.15, -0.1) is 0 Å². The highest BCUT2D eigenvalue weighted by atomic mass is 16.5. The van der Waals surface area contributed by atoms with E-state index < -0.39 is 0 Å². The van der Waals surface area contributed by atoms with Crippen molar-refractivity contribution in [2.45, 2.75) is 6.54 Å². The van der Waals surface area contributed by atoms with Gasteiger partial charge in [-0.25, -0.2) is 4.98 Å². The van der Waals surface area contributed by atoms with Gasteiger partial charge in [0.15, 0.2) is 5.78 Å². The zero-order valence-electron chi connectivity index (χ0n) is 19.4. The maximum Gasteiger partial charge on any atom is 0.268 e. The number of aliphatic hydroxyl groups excluding tert-OH is 1. The van der Waals surface area contributed by atoms with Gasteiger partial charge in [0, 0.05) is 41.1 Å². The van der Waals surface area contributed by atoms with Crippen molar-refractivity contribution in [1.29, 1.82) is 0 Å². The molecule has 0 aliphatic carbocycles. The number of hydrogen-bond acceptors (Lipinski definition) is 7. The Labute approximate surface area is 202 Å². The minimum atomic E-state index is -0.369. The molecule has 0 fully saturated rings. The fourth-order valence-electron chi connectivity index (χ4n) is 3.73. The zero-order chi connectivity index (χ0) is 24.8. The van der Waals surface area contributed by atoms with Gasteiger partial charge in [-0.3, -0.25) is 9.59 Å². The summed E-state index contributed by atoms with van der Waals surface area (Å²) in [6.07, 6.45) is 1.64. The molecule has 35 heavy (non-hydrogen) atoms. The molecule has 0 unspecified atom stereocenters.